The van der Waals surface area contributed by atoms with Crippen LogP contribution in [0.5, 0.6) is 5.75 Å². The molecule has 82 valence electrons. The molecule has 0 unspecified atom stereocenters. The lowest BCUT2D eigenvalue weighted by Crippen LogP contribution is -1.96. The first-order valence-corrected chi connectivity index (χ1v) is 4.12. The second-order valence-corrected chi connectivity index (χ2v) is 2.70. The molecule has 6 heteroatoms. The first kappa shape index (κ1) is 11.5. The molecule has 16 heavy (non-hydrogen) atoms. The van der Waals surface area contributed by atoms with E-state index in [-0.39, 0.29) is 17.0 Å². The number of hydrogen-bond acceptors (Lipinski definition) is 5. The second-order valence-electron chi connectivity index (χ2n) is 2.70. The van der Waals surface area contributed by atoms with Crippen LogP contribution in [0.25, 0.3) is 0 Å². The zero-order chi connectivity index (χ0) is 12.1. The van der Waals surface area contributed by atoms with Crippen molar-refractivity contribution in [2.75, 3.05) is 7.11 Å². The fourth-order valence-corrected chi connectivity index (χ4v) is 0.946. The maximum absolute atomic E-state index is 10.7. The predicted molar refractivity (Wildman–Crippen MR) is 53.7 cm³/mol. The van der Waals surface area contributed by atoms with Crippen molar-refractivity contribution in [3.63, 3.8) is 0 Å². The number of nitro groups is 1. The number of carbonyl (C=O) groups is 1. The van der Waals surface area contributed by atoms with Crippen LogP contribution in [0.15, 0.2) is 18.2 Å². The van der Waals surface area contributed by atoms with Gasteiger partial charge in [0.1, 0.15) is 11.3 Å². The second kappa shape index (κ2) is 4.79. The molecule has 0 aliphatic heterocycles. The van der Waals surface area contributed by atoms with Gasteiger partial charge in [-0.3, -0.25) is 10.1 Å². The molecule has 1 aromatic carbocycles. The summed E-state index contributed by atoms with van der Waals surface area (Å²) >= 11 is 0. The van der Waals surface area contributed by atoms with Gasteiger partial charge < -0.3 is 9.84 Å². The lowest BCUT2D eigenvalue weighted by molar-refractivity contribution is -0.385. The summed E-state index contributed by atoms with van der Waals surface area (Å²) in [6, 6.07) is 3.46. The van der Waals surface area contributed by atoms with E-state index >= 15 is 0 Å². The molecule has 0 aliphatic rings. The molecule has 1 N–H and O–H groups in total. The Morgan fingerprint density at radius 3 is 2.81 bits per heavy atom. The van der Waals surface area contributed by atoms with Gasteiger partial charge in [-0.1, -0.05) is 0 Å². The van der Waals surface area contributed by atoms with Crippen LogP contribution in [0, 0.1) is 22.0 Å². The number of esters is 1. The maximum atomic E-state index is 10.7. The molecule has 0 radical (unpaired) electrons. The Kier molecular flexibility index (Phi) is 3.45. The molecule has 0 aliphatic carbocycles. The molecular weight excluding hydrogens is 214 g/mol. The number of nitrogens with zero attached hydrogens (tertiary/aromatic N) is 1. The van der Waals surface area contributed by atoms with E-state index in [4.69, 9.17) is 5.11 Å². The highest BCUT2D eigenvalue weighted by atomic mass is 16.6. The third kappa shape index (κ3) is 2.72. The first-order valence-electron chi connectivity index (χ1n) is 4.12. The quantitative estimate of drug-likeness (QED) is 0.328. The molecule has 0 amide bonds. The number of rotatable bonds is 1. The van der Waals surface area contributed by atoms with Crippen LogP contribution < -0.4 is 0 Å². The fourth-order valence-electron chi connectivity index (χ4n) is 0.946. The lowest BCUT2D eigenvalue weighted by Gasteiger charge is -1.96. The third-order valence-electron chi connectivity index (χ3n) is 1.66. The van der Waals surface area contributed by atoms with Gasteiger partial charge in [-0.2, -0.15) is 0 Å². The number of phenolic OH excluding ortho intramolecular Hbond substituents is 1. The summed E-state index contributed by atoms with van der Waals surface area (Å²) in [5.74, 6) is 3.33. The van der Waals surface area contributed by atoms with Crippen molar-refractivity contribution in [1.82, 2.24) is 0 Å². The van der Waals surface area contributed by atoms with E-state index in [2.05, 4.69) is 16.6 Å². The molecule has 0 saturated carbocycles. The molecular formula is C10H7NO5. The van der Waals surface area contributed by atoms with Gasteiger partial charge >= 0.3 is 5.97 Å². The van der Waals surface area contributed by atoms with Crippen molar-refractivity contribution in [3.05, 3.63) is 33.9 Å². The normalized spacial score (nSPS) is 8.81. The van der Waals surface area contributed by atoms with Gasteiger partial charge in [-0.25, -0.2) is 4.79 Å². The summed E-state index contributed by atoms with van der Waals surface area (Å²) < 4.78 is 4.26. The Balaban J connectivity index is 3.17. The summed E-state index contributed by atoms with van der Waals surface area (Å²) in [7, 11) is 1.16. The van der Waals surface area contributed by atoms with E-state index in [0.717, 1.165) is 13.2 Å². The monoisotopic (exact) mass is 221 g/mol. The van der Waals surface area contributed by atoms with Crippen LogP contribution in [-0.2, 0) is 9.53 Å². The molecule has 0 heterocycles. The Bertz CT molecular complexity index is 498. The zero-order valence-electron chi connectivity index (χ0n) is 8.26. The number of carbonyl (C=O) groups excluding carboxylic acids is 1. The number of methoxy groups -OCH3 is 1. The van der Waals surface area contributed by atoms with E-state index in [0.29, 0.717) is 0 Å². The van der Waals surface area contributed by atoms with Gasteiger partial charge in [0.15, 0.2) is 0 Å². The topological polar surface area (TPSA) is 89.7 Å². The molecule has 0 saturated heterocycles. The Morgan fingerprint density at radius 1 is 1.56 bits per heavy atom. The number of phenols is 1. The van der Waals surface area contributed by atoms with Crippen molar-refractivity contribution >= 4 is 11.7 Å². The Labute approximate surface area is 90.6 Å². The summed E-state index contributed by atoms with van der Waals surface area (Å²) in [5, 5.41) is 19.7. The first-order chi connectivity index (χ1) is 7.54. The average molecular weight is 221 g/mol. The maximum Gasteiger partial charge on any atom is 0.384 e. The molecule has 0 atom stereocenters. The number of hydrogen-bond donors (Lipinski definition) is 1. The van der Waals surface area contributed by atoms with Crippen molar-refractivity contribution in [1.29, 1.82) is 0 Å². The van der Waals surface area contributed by atoms with Crippen molar-refractivity contribution in [3.8, 4) is 17.6 Å². The minimum atomic E-state index is -0.789. The minimum absolute atomic E-state index is 0.0354. The van der Waals surface area contributed by atoms with Crippen LogP contribution >= 0.6 is 0 Å². The van der Waals surface area contributed by atoms with E-state index in [1.807, 2.05) is 0 Å². The third-order valence-corrected chi connectivity index (χ3v) is 1.66. The van der Waals surface area contributed by atoms with Gasteiger partial charge in [-0.15, -0.1) is 0 Å². The summed E-state index contributed by atoms with van der Waals surface area (Å²) in [4.78, 5) is 20.6. The molecule has 0 bridgehead atoms. The van der Waals surface area contributed by atoms with E-state index < -0.39 is 10.9 Å². The van der Waals surface area contributed by atoms with E-state index in [1.54, 1.807) is 0 Å². The standard InChI is InChI=1S/C10H7NO5/c1-16-10(13)5-3-7-2-4-8(12)6-9(7)11(14)15/h2,4,6,12H,1H3. The van der Waals surface area contributed by atoms with Crippen LogP contribution in [0.1, 0.15) is 5.56 Å². The molecule has 1 aromatic rings. The van der Waals surface area contributed by atoms with Gasteiger partial charge in [0.2, 0.25) is 0 Å². The van der Waals surface area contributed by atoms with Crippen LogP contribution in [0.2, 0.25) is 0 Å². The van der Waals surface area contributed by atoms with Crippen LogP contribution in [0.4, 0.5) is 5.69 Å². The number of benzene rings is 1. The SMILES string of the molecule is COC(=O)C#Cc1ccc(O)cc1[N+](=O)[O-]. The van der Waals surface area contributed by atoms with Gasteiger partial charge in [0, 0.05) is 5.92 Å². The largest absolute Gasteiger partial charge is 0.508 e. The van der Waals surface area contributed by atoms with Crippen molar-refractivity contribution < 1.29 is 19.6 Å². The average Bonchev–Trinajstić information content (AvgIpc) is 2.26. The number of aromatic hydroxyl groups is 1. The summed E-state index contributed by atoms with van der Waals surface area (Å²) in [6.45, 7) is 0. The van der Waals surface area contributed by atoms with Gasteiger partial charge in [0.25, 0.3) is 5.69 Å². The smallest absolute Gasteiger partial charge is 0.384 e. The molecule has 0 fully saturated rings. The summed E-state index contributed by atoms with van der Waals surface area (Å²) in [6.07, 6.45) is 0. The summed E-state index contributed by atoms with van der Waals surface area (Å²) in [5.41, 5.74) is -0.329. The Hall–Kier alpha value is -2.55. The van der Waals surface area contributed by atoms with E-state index in [1.165, 1.54) is 12.1 Å². The highest BCUT2D eigenvalue weighted by Crippen LogP contribution is 2.22. The number of ether oxygens (including phenoxy) is 1. The number of nitro benzene ring substituents is 1. The highest BCUT2D eigenvalue weighted by Gasteiger charge is 2.12. The Morgan fingerprint density at radius 2 is 2.25 bits per heavy atom. The highest BCUT2D eigenvalue weighted by molar-refractivity contribution is 5.89. The van der Waals surface area contributed by atoms with Gasteiger partial charge in [0.05, 0.1) is 18.1 Å². The molecule has 0 spiro atoms. The lowest BCUT2D eigenvalue weighted by atomic mass is 10.2. The van der Waals surface area contributed by atoms with Crippen molar-refractivity contribution in [2.45, 2.75) is 0 Å². The molecule has 0 aromatic heterocycles. The zero-order valence-corrected chi connectivity index (χ0v) is 8.26. The molecule has 6 nitrogen and oxygen atoms in total. The van der Waals surface area contributed by atoms with Gasteiger partial charge in [-0.05, 0) is 18.1 Å². The molecule has 1 rings (SSSR count). The van der Waals surface area contributed by atoms with Crippen LogP contribution in [0.3, 0.4) is 0 Å². The minimum Gasteiger partial charge on any atom is -0.508 e. The van der Waals surface area contributed by atoms with E-state index in [9.17, 15) is 14.9 Å². The van der Waals surface area contributed by atoms with Crippen molar-refractivity contribution in [2.24, 2.45) is 0 Å². The fraction of sp³-hybridized carbons (Fsp3) is 0.100. The van der Waals surface area contributed by atoms with Crippen LogP contribution in [-0.4, -0.2) is 23.1 Å². The predicted octanol–water partition coefficient (Wildman–Crippen LogP) is 0.825.